The maximum Gasteiger partial charge on any atom is 0.305 e. The molecular formula is C18H17FN4O3. The lowest BCUT2D eigenvalue weighted by Gasteiger charge is -2.07. The van der Waals surface area contributed by atoms with Gasteiger partial charge in [-0.2, -0.15) is 5.10 Å². The zero-order valence-corrected chi connectivity index (χ0v) is 14.2. The Morgan fingerprint density at radius 3 is 2.50 bits per heavy atom. The molecule has 26 heavy (non-hydrogen) atoms. The number of rotatable bonds is 4. The molecular weight excluding hydrogens is 339 g/mol. The van der Waals surface area contributed by atoms with Crippen molar-refractivity contribution in [1.82, 2.24) is 20.6 Å². The molecule has 0 spiro atoms. The monoisotopic (exact) mass is 356 g/mol. The summed E-state index contributed by atoms with van der Waals surface area (Å²) in [7, 11) is 0. The number of amides is 2. The van der Waals surface area contributed by atoms with Crippen LogP contribution in [0.5, 0.6) is 0 Å². The molecule has 3 aromatic rings. The zero-order chi connectivity index (χ0) is 18.7. The Labute approximate surface area is 148 Å². The SMILES string of the molecule is Cc1cc(C)n(CC(=O)NNC(=O)c2ccc(-c3ccc(F)cc3)o2)n1. The molecule has 0 saturated carbocycles. The molecule has 3 rings (SSSR count). The molecule has 8 heteroatoms. The van der Waals surface area contributed by atoms with Gasteiger partial charge in [-0.25, -0.2) is 4.39 Å². The molecule has 7 nitrogen and oxygen atoms in total. The van der Waals surface area contributed by atoms with Crippen LogP contribution in [0.1, 0.15) is 21.9 Å². The van der Waals surface area contributed by atoms with Gasteiger partial charge in [0.2, 0.25) is 0 Å². The van der Waals surface area contributed by atoms with E-state index in [4.69, 9.17) is 4.42 Å². The van der Waals surface area contributed by atoms with E-state index in [1.165, 1.54) is 22.9 Å². The zero-order valence-electron chi connectivity index (χ0n) is 14.2. The standard InChI is InChI=1S/C18H17FN4O3/c1-11-9-12(2)23(22-11)10-17(24)20-21-18(25)16-8-7-15(26-16)13-3-5-14(19)6-4-13/h3-9H,10H2,1-2H3,(H,20,24)(H,21,25). The highest BCUT2D eigenvalue weighted by molar-refractivity contribution is 5.93. The third kappa shape index (κ3) is 3.97. The molecule has 0 unspecified atom stereocenters. The van der Waals surface area contributed by atoms with Crippen LogP contribution >= 0.6 is 0 Å². The number of hydrogen-bond acceptors (Lipinski definition) is 4. The number of nitrogens with zero attached hydrogens (tertiary/aromatic N) is 2. The number of benzene rings is 1. The first kappa shape index (κ1) is 17.4. The van der Waals surface area contributed by atoms with Crippen molar-refractivity contribution in [3.8, 4) is 11.3 Å². The third-order valence-electron chi connectivity index (χ3n) is 3.67. The number of nitrogens with one attached hydrogen (secondary N) is 2. The van der Waals surface area contributed by atoms with Gasteiger partial charge in [-0.05, 0) is 56.3 Å². The molecule has 1 aromatic carbocycles. The van der Waals surface area contributed by atoms with Gasteiger partial charge in [-0.3, -0.25) is 25.1 Å². The van der Waals surface area contributed by atoms with E-state index in [-0.39, 0.29) is 18.1 Å². The molecule has 0 aliphatic heterocycles. The first-order valence-electron chi connectivity index (χ1n) is 7.88. The quantitative estimate of drug-likeness (QED) is 0.703. The smallest absolute Gasteiger partial charge is 0.305 e. The molecule has 2 N–H and O–H groups in total. The fraction of sp³-hybridized carbons (Fsp3) is 0.167. The van der Waals surface area contributed by atoms with Crippen molar-refractivity contribution in [2.24, 2.45) is 0 Å². The van der Waals surface area contributed by atoms with Crippen LogP contribution < -0.4 is 10.9 Å². The molecule has 2 amide bonds. The minimum absolute atomic E-state index is 0.0149. The highest BCUT2D eigenvalue weighted by Crippen LogP contribution is 2.22. The number of carbonyl (C=O) groups is 2. The average molecular weight is 356 g/mol. The number of furan rings is 1. The van der Waals surface area contributed by atoms with Crippen molar-refractivity contribution in [2.45, 2.75) is 20.4 Å². The first-order valence-corrected chi connectivity index (χ1v) is 7.88. The van der Waals surface area contributed by atoms with Gasteiger partial charge in [0, 0.05) is 11.3 Å². The Bertz CT molecular complexity index is 944. The lowest BCUT2D eigenvalue weighted by molar-refractivity contribution is -0.122. The Kier molecular flexibility index (Phi) is 4.83. The summed E-state index contributed by atoms with van der Waals surface area (Å²) < 4.78 is 19.9. The second-order valence-electron chi connectivity index (χ2n) is 5.76. The molecule has 134 valence electrons. The van der Waals surface area contributed by atoms with Crippen molar-refractivity contribution < 1.29 is 18.4 Å². The van der Waals surface area contributed by atoms with Crippen LogP contribution in [-0.2, 0) is 11.3 Å². The second kappa shape index (κ2) is 7.22. The highest BCUT2D eigenvalue weighted by atomic mass is 19.1. The summed E-state index contributed by atoms with van der Waals surface area (Å²) in [6.07, 6.45) is 0. The number of aryl methyl sites for hydroxylation is 2. The number of hydrazine groups is 1. The van der Waals surface area contributed by atoms with Gasteiger partial charge in [0.05, 0.1) is 5.69 Å². The van der Waals surface area contributed by atoms with Crippen LogP contribution in [0.4, 0.5) is 4.39 Å². The van der Waals surface area contributed by atoms with E-state index < -0.39 is 11.8 Å². The van der Waals surface area contributed by atoms with Crippen LogP contribution in [0.25, 0.3) is 11.3 Å². The number of aromatic nitrogens is 2. The summed E-state index contributed by atoms with van der Waals surface area (Å²) in [5, 5.41) is 4.18. The number of halogens is 1. The van der Waals surface area contributed by atoms with Gasteiger partial charge < -0.3 is 4.42 Å². The fourth-order valence-electron chi connectivity index (χ4n) is 2.43. The van der Waals surface area contributed by atoms with Crippen molar-refractivity contribution in [1.29, 1.82) is 0 Å². The Morgan fingerprint density at radius 1 is 1.12 bits per heavy atom. The van der Waals surface area contributed by atoms with E-state index >= 15 is 0 Å². The molecule has 0 saturated heterocycles. The van der Waals surface area contributed by atoms with Crippen LogP contribution in [0.2, 0.25) is 0 Å². The van der Waals surface area contributed by atoms with Crippen LogP contribution in [0.3, 0.4) is 0 Å². The van der Waals surface area contributed by atoms with E-state index in [2.05, 4.69) is 16.0 Å². The molecule has 0 aliphatic rings. The Morgan fingerprint density at radius 2 is 1.85 bits per heavy atom. The van der Waals surface area contributed by atoms with Crippen LogP contribution in [0.15, 0.2) is 46.9 Å². The van der Waals surface area contributed by atoms with Gasteiger partial charge in [-0.15, -0.1) is 0 Å². The minimum Gasteiger partial charge on any atom is -0.451 e. The molecule has 0 bridgehead atoms. The van der Waals surface area contributed by atoms with E-state index in [1.807, 2.05) is 19.9 Å². The van der Waals surface area contributed by atoms with Gasteiger partial charge in [-0.1, -0.05) is 0 Å². The number of hydrogen-bond donors (Lipinski definition) is 2. The Balaban J connectivity index is 1.57. The van der Waals surface area contributed by atoms with Crippen molar-refractivity contribution >= 4 is 11.8 Å². The fourth-order valence-corrected chi connectivity index (χ4v) is 2.43. The second-order valence-corrected chi connectivity index (χ2v) is 5.76. The molecule has 0 radical (unpaired) electrons. The average Bonchev–Trinajstić information content (AvgIpc) is 3.20. The maximum atomic E-state index is 13.0. The van der Waals surface area contributed by atoms with Crippen molar-refractivity contribution in [3.63, 3.8) is 0 Å². The summed E-state index contributed by atoms with van der Waals surface area (Å²) in [6.45, 7) is 3.66. The normalized spacial score (nSPS) is 10.6. The summed E-state index contributed by atoms with van der Waals surface area (Å²) in [4.78, 5) is 24.0. The molecule has 0 fully saturated rings. The predicted molar refractivity (Wildman–Crippen MR) is 91.4 cm³/mol. The van der Waals surface area contributed by atoms with Gasteiger partial charge in [0.15, 0.2) is 5.76 Å². The van der Waals surface area contributed by atoms with E-state index in [0.29, 0.717) is 11.3 Å². The Hall–Kier alpha value is -3.42. The van der Waals surface area contributed by atoms with E-state index in [1.54, 1.807) is 18.2 Å². The minimum atomic E-state index is -0.597. The summed E-state index contributed by atoms with van der Waals surface area (Å²) >= 11 is 0. The number of carbonyl (C=O) groups excluding carboxylic acids is 2. The lowest BCUT2D eigenvalue weighted by atomic mass is 10.2. The van der Waals surface area contributed by atoms with Gasteiger partial charge >= 0.3 is 5.91 Å². The van der Waals surface area contributed by atoms with E-state index in [0.717, 1.165) is 11.4 Å². The lowest BCUT2D eigenvalue weighted by Crippen LogP contribution is -2.43. The van der Waals surface area contributed by atoms with Crippen molar-refractivity contribution in [3.05, 3.63) is 65.4 Å². The summed E-state index contributed by atoms with van der Waals surface area (Å²) in [5.74, 6) is -0.932. The largest absolute Gasteiger partial charge is 0.451 e. The molecule has 0 aliphatic carbocycles. The maximum absolute atomic E-state index is 13.0. The van der Waals surface area contributed by atoms with E-state index in [9.17, 15) is 14.0 Å². The highest BCUT2D eigenvalue weighted by Gasteiger charge is 2.14. The topological polar surface area (TPSA) is 89.2 Å². The molecule has 2 heterocycles. The molecule has 0 atom stereocenters. The van der Waals surface area contributed by atoms with Crippen molar-refractivity contribution in [2.75, 3.05) is 0 Å². The van der Waals surface area contributed by atoms with Crippen LogP contribution in [-0.4, -0.2) is 21.6 Å². The van der Waals surface area contributed by atoms with Gasteiger partial charge in [0.25, 0.3) is 5.91 Å². The summed E-state index contributed by atoms with van der Waals surface area (Å²) in [5.41, 5.74) is 6.89. The summed E-state index contributed by atoms with van der Waals surface area (Å²) in [6, 6.07) is 10.6. The molecule has 2 aromatic heterocycles. The first-order chi connectivity index (χ1) is 12.4. The predicted octanol–water partition coefficient (Wildman–Crippen LogP) is 2.36. The van der Waals surface area contributed by atoms with Crippen LogP contribution in [0, 0.1) is 19.7 Å². The third-order valence-corrected chi connectivity index (χ3v) is 3.67. The van der Waals surface area contributed by atoms with Gasteiger partial charge in [0.1, 0.15) is 18.1 Å².